The van der Waals surface area contributed by atoms with Crippen LogP contribution >= 0.6 is 7.26 Å². The van der Waals surface area contributed by atoms with Crippen LogP contribution in [-0.4, -0.2) is 7.11 Å². The lowest BCUT2D eigenvalue weighted by molar-refractivity contribution is 0.382. The van der Waals surface area contributed by atoms with Crippen molar-refractivity contribution < 1.29 is 4.74 Å². The Labute approximate surface area is 212 Å². The van der Waals surface area contributed by atoms with Crippen molar-refractivity contribution in [2.24, 2.45) is 0 Å². The quantitative estimate of drug-likeness (QED) is 0.282. The predicted octanol–water partition coefficient (Wildman–Crippen LogP) is 6.91. The van der Waals surface area contributed by atoms with Crippen molar-refractivity contribution in [2.45, 2.75) is 52.4 Å². The second kappa shape index (κ2) is 9.63. The van der Waals surface area contributed by atoms with E-state index in [1.807, 2.05) is 7.11 Å². The number of benzene rings is 4. The van der Waals surface area contributed by atoms with Gasteiger partial charge in [0.1, 0.15) is 34.2 Å². The monoisotopic (exact) mass is 481 g/mol. The highest BCUT2D eigenvalue weighted by atomic mass is 31.2. The fourth-order valence-corrected chi connectivity index (χ4v) is 9.28. The third-order valence-electron chi connectivity index (χ3n) is 6.71. The van der Waals surface area contributed by atoms with Crippen molar-refractivity contribution in [3.8, 4) is 5.75 Å². The highest BCUT2D eigenvalue weighted by Gasteiger charge is 2.49. The van der Waals surface area contributed by atoms with E-state index >= 15 is 0 Å². The van der Waals surface area contributed by atoms with Crippen molar-refractivity contribution in [3.63, 3.8) is 0 Å². The van der Waals surface area contributed by atoms with Crippen LogP contribution in [0.5, 0.6) is 5.75 Å². The van der Waals surface area contributed by atoms with Gasteiger partial charge in [-0.3, -0.25) is 0 Å². The van der Waals surface area contributed by atoms with Gasteiger partial charge in [0.15, 0.2) is 0 Å². The van der Waals surface area contributed by atoms with Gasteiger partial charge in [-0.2, -0.15) is 0 Å². The number of methoxy groups -OCH3 is 1. The van der Waals surface area contributed by atoms with Gasteiger partial charge in [0.25, 0.3) is 0 Å². The average molecular weight is 482 g/mol. The summed E-state index contributed by atoms with van der Waals surface area (Å²) in [5, 5.41) is 5.46. The number of rotatable bonds is 5. The molecule has 0 N–H and O–H groups in total. The fraction of sp³-hybridized carbons (Fsp3) is 0.273. The second-order valence-electron chi connectivity index (χ2n) is 11.3. The third-order valence-corrected chi connectivity index (χ3v) is 11.0. The van der Waals surface area contributed by atoms with Crippen LogP contribution in [0.15, 0.2) is 103 Å². The first kappa shape index (κ1) is 25.2. The molecule has 0 fully saturated rings. The minimum atomic E-state index is -2.18. The lowest BCUT2D eigenvalue weighted by atomic mass is 9.79. The molecule has 0 saturated carbocycles. The van der Waals surface area contributed by atoms with E-state index in [-0.39, 0.29) is 10.8 Å². The van der Waals surface area contributed by atoms with Gasteiger partial charge in [-0.05, 0) is 59.4 Å². The Balaban J connectivity index is 2.24. The normalized spacial score (nSPS) is 12.4. The van der Waals surface area contributed by atoms with E-state index in [4.69, 9.17) is 4.74 Å². The Bertz CT molecular complexity index is 1130. The predicted molar refractivity (Wildman–Crippen MR) is 155 cm³/mol. The summed E-state index contributed by atoms with van der Waals surface area (Å²) in [4.78, 5) is 0. The molecule has 0 amide bonds. The minimum Gasteiger partial charge on any atom is -0.496 e. The molecule has 0 saturated heterocycles. The van der Waals surface area contributed by atoms with Gasteiger partial charge < -0.3 is 4.74 Å². The van der Waals surface area contributed by atoms with Gasteiger partial charge in [0, 0.05) is 11.1 Å². The fourth-order valence-electron chi connectivity index (χ4n) is 4.99. The molecule has 0 radical (unpaired) electrons. The van der Waals surface area contributed by atoms with Crippen molar-refractivity contribution in [1.29, 1.82) is 0 Å². The highest BCUT2D eigenvalue weighted by molar-refractivity contribution is 8.01. The maximum absolute atomic E-state index is 6.13. The van der Waals surface area contributed by atoms with Gasteiger partial charge >= 0.3 is 0 Å². The van der Waals surface area contributed by atoms with Crippen LogP contribution in [0.25, 0.3) is 0 Å². The molecule has 2 heteroatoms. The van der Waals surface area contributed by atoms with Crippen LogP contribution in [0.3, 0.4) is 0 Å². The standard InChI is InChI=1S/C33H38OP/c1-32(2,3)29-23-28(24-30(31(29)34-7)33(4,5)6)35(25-17-11-8-12-18-25,26-19-13-9-14-20-26)27-21-15-10-16-22-27/h8-24H,1-7H3/q+1. The number of hydrogen-bond donors (Lipinski definition) is 0. The van der Waals surface area contributed by atoms with E-state index in [2.05, 4.69) is 145 Å². The molecule has 180 valence electrons. The van der Waals surface area contributed by atoms with Crippen molar-refractivity contribution >= 4 is 28.5 Å². The molecule has 0 atom stereocenters. The average Bonchev–Trinajstić information content (AvgIpc) is 2.85. The maximum atomic E-state index is 6.13. The van der Waals surface area contributed by atoms with E-state index in [1.54, 1.807) is 0 Å². The molecule has 0 spiro atoms. The number of ether oxygens (including phenoxy) is 1. The minimum absolute atomic E-state index is 0.0684. The molecule has 0 aliphatic rings. The summed E-state index contributed by atoms with van der Waals surface area (Å²) in [7, 11) is -0.372. The Morgan fingerprint density at radius 1 is 0.486 bits per heavy atom. The second-order valence-corrected chi connectivity index (χ2v) is 14.7. The molecule has 0 aliphatic heterocycles. The molecule has 0 aliphatic carbocycles. The van der Waals surface area contributed by atoms with Gasteiger partial charge in [-0.15, -0.1) is 0 Å². The van der Waals surface area contributed by atoms with Crippen molar-refractivity contribution in [1.82, 2.24) is 0 Å². The molecule has 0 heterocycles. The summed E-state index contributed by atoms with van der Waals surface area (Å²) in [6, 6.07) is 38.1. The summed E-state index contributed by atoms with van der Waals surface area (Å²) in [5.74, 6) is 1.01. The Kier molecular flexibility index (Phi) is 6.94. The topological polar surface area (TPSA) is 9.23 Å². The number of hydrogen-bond acceptors (Lipinski definition) is 1. The molecule has 1 nitrogen and oxygen atoms in total. The Morgan fingerprint density at radius 3 is 1.06 bits per heavy atom. The summed E-state index contributed by atoms with van der Waals surface area (Å²) in [5.41, 5.74) is 2.38. The summed E-state index contributed by atoms with van der Waals surface area (Å²) in [6.45, 7) is 13.7. The molecule has 4 rings (SSSR count). The lowest BCUT2D eigenvalue weighted by Crippen LogP contribution is -2.39. The SMILES string of the molecule is COc1c(C(C)(C)C)cc([P+](c2ccccc2)(c2ccccc2)c2ccccc2)cc1C(C)(C)C. The van der Waals surface area contributed by atoms with E-state index in [1.165, 1.54) is 32.3 Å². The van der Waals surface area contributed by atoms with Gasteiger partial charge in [-0.1, -0.05) is 96.1 Å². The Hall–Kier alpha value is -2.89. The third kappa shape index (κ3) is 4.67. The molecular formula is C33H38OP+. The zero-order valence-corrected chi connectivity index (χ0v) is 23.1. The van der Waals surface area contributed by atoms with E-state index in [0.29, 0.717) is 0 Å². The zero-order chi connectivity index (χ0) is 25.3. The summed E-state index contributed by atoms with van der Waals surface area (Å²) >= 11 is 0. The summed E-state index contributed by atoms with van der Waals surface area (Å²) < 4.78 is 6.13. The van der Waals surface area contributed by atoms with E-state index < -0.39 is 7.26 Å². The molecule has 0 bridgehead atoms. The smallest absolute Gasteiger partial charge is 0.144 e. The van der Waals surface area contributed by atoms with E-state index in [9.17, 15) is 0 Å². The summed E-state index contributed by atoms with van der Waals surface area (Å²) in [6.07, 6.45) is 0. The van der Waals surface area contributed by atoms with Crippen LogP contribution in [0, 0.1) is 0 Å². The Morgan fingerprint density at radius 2 is 0.800 bits per heavy atom. The van der Waals surface area contributed by atoms with Crippen LogP contribution in [0.1, 0.15) is 52.7 Å². The molecule has 0 unspecified atom stereocenters. The molecule has 4 aromatic carbocycles. The first-order valence-corrected chi connectivity index (χ1v) is 14.2. The first-order chi connectivity index (χ1) is 16.6. The van der Waals surface area contributed by atoms with Crippen LogP contribution in [0.4, 0.5) is 0 Å². The molecule has 0 aromatic heterocycles. The van der Waals surface area contributed by atoms with E-state index in [0.717, 1.165) is 5.75 Å². The first-order valence-electron chi connectivity index (χ1n) is 12.4. The van der Waals surface area contributed by atoms with Gasteiger partial charge in [0.05, 0.1) is 7.11 Å². The molecular weight excluding hydrogens is 443 g/mol. The van der Waals surface area contributed by atoms with Crippen molar-refractivity contribution in [2.75, 3.05) is 7.11 Å². The largest absolute Gasteiger partial charge is 0.496 e. The lowest BCUT2D eigenvalue weighted by Gasteiger charge is -2.33. The van der Waals surface area contributed by atoms with Crippen LogP contribution in [-0.2, 0) is 10.8 Å². The van der Waals surface area contributed by atoms with Crippen LogP contribution in [0.2, 0.25) is 0 Å². The molecule has 35 heavy (non-hydrogen) atoms. The van der Waals surface area contributed by atoms with Gasteiger partial charge in [-0.25, -0.2) is 0 Å². The highest BCUT2D eigenvalue weighted by Crippen LogP contribution is 2.56. The maximum Gasteiger partial charge on any atom is 0.144 e. The molecule has 4 aromatic rings. The van der Waals surface area contributed by atoms with Crippen LogP contribution < -0.4 is 26.0 Å². The zero-order valence-electron chi connectivity index (χ0n) is 22.2. The van der Waals surface area contributed by atoms with Crippen molar-refractivity contribution in [3.05, 3.63) is 114 Å². The van der Waals surface area contributed by atoms with Gasteiger partial charge in [0.2, 0.25) is 0 Å².